The van der Waals surface area contributed by atoms with Crippen molar-refractivity contribution < 1.29 is 42.1 Å². The monoisotopic (exact) mass is 1240 g/mol. The molecule has 88 heavy (non-hydrogen) atoms. The van der Waals surface area contributed by atoms with Crippen molar-refractivity contribution in [2.45, 2.75) is 95.0 Å². The standard InChI is InChI=1S/C66H77Cl2F2N11O7/c1-65(2,3)37-57-66(41-72,50-20-19-44(67)36-52(50)69)58(49-15-9-16-51(68)59(49)70)60(78-57)63(83)76-53-21-18-43(35-56(53)84-5)62(82)75-26-30-85-31-32-86-33-34-87-46(38-73-4)13-10-29-88-64-77-54-40-80(55-17-8-12-42-11-6-7-14-47(42)55)27-23-48(54)61(79-64)81-28-25-74-45(39-81)22-24-71/h6-9,11-12,14-21,35-36,45-46,57-58,60,73-74,78H,10,13,22-23,25-34,37-40H2,1-5H3,(H,75,82)(H,76,83)/t45-,46+,57-,58-,60+,66-/m0/s1. The Balaban J connectivity index is 0.722. The Morgan fingerprint density at radius 3 is 2.47 bits per heavy atom. The predicted molar refractivity (Wildman–Crippen MR) is 337 cm³/mol. The molecule has 6 atom stereocenters. The van der Waals surface area contributed by atoms with Crippen molar-refractivity contribution in [2.75, 3.05) is 108 Å². The van der Waals surface area contributed by atoms with Crippen LogP contribution in [0.25, 0.3) is 10.8 Å². The molecule has 0 spiro atoms. The lowest BCUT2D eigenvalue weighted by molar-refractivity contribution is -0.118. The Morgan fingerprint density at radius 2 is 1.69 bits per heavy atom. The molecular weight excluding hydrogens is 1170 g/mol. The third-order valence-corrected chi connectivity index (χ3v) is 16.8. The van der Waals surface area contributed by atoms with E-state index in [0.29, 0.717) is 77.9 Å². The van der Waals surface area contributed by atoms with Crippen LogP contribution in [0.15, 0.2) is 97.1 Å². The van der Waals surface area contributed by atoms with Gasteiger partial charge in [-0.3, -0.25) is 9.59 Å². The fourth-order valence-corrected chi connectivity index (χ4v) is 12.6. The van der Waals surface area contributed by atoms with Gasteiger partial charge in [0.1, 0.15) is 28.6 Å². The van der Waals surface area contributed by atoms with Gasteiger partial charge in [-0.05, 0) is 91.6 Å². The van der Waals surface area contributed by atoms with Gasteiger partial charge in [0.05, 0.1) is 100 Å². The Labute approximate surface area is 523 Å². The molecule has 5 aromatic carbocycles. The molecule has 0 radical (unpaired) electrons. The van der Waals surface area contributed by atoms with Gasteiger partial charge in [0.15, 0.2) is 0 Å². The summed E-state index contributed by atoms with van der Waals surface area (Å²) in [6.07, 6.45) is 2.86. The number of carbonyl (C=O) groups is 2. The largest absolute Gasteiger partial charge is 0.495 e. The lowest BCUT2D eigenvalue weighted by Crippen LogP contribution is -2.51. The zero-order valence-corrected chi connectivity index (χ0v) is 51.9. The number of benzene rings is 5. The average Bonchev–Trinajstić information content (AvgIpc) is 1.56. The summed E-state index contributed by atoms with van der Waals surface area (Å²) in [4.78, 5) is 42.6. The molecule has 5 N–H and O–H groups in total. The number of halogens is 4. The molecule has 6 aromatic rings. The van der Waals surface area contributed by atoms with Crippen molar-refractivity contribution in [1.29, 1.82) is 10.5 Å². The molecule has 9 rings (SSSR count). The highest BCUT2D eigenvalue weighted by atomic mass is 35.5. The van der Waals surface area contributed by atoms with E-state index in [2.05, 4.69) is 91.0 Å². The van der Waals surface area contributed by atoms with Crippen molar-refractivity contribution in [2.24, 2.45) is 5.41 Å². The lowest BCUT2D eigenvalue weighted by atomic mass is 9.62. The minimum Gasteiger partial charge on any atom is -0.495 e. The first kappa shape index (κ1) is 65.2. The number of rotatable bonds is 27. The van der Waals surface area contributed by atoms with Gasteiger partial charge in [0.25, 0.3) is 5.91 Å². The Morgan fingerprint density at radius 1 is 0.909 bits per heavy atom. The van der Waals surface area contributed by atoms with E-state index in [1.165, 1.54) is 72.1 Å². The van der Waals surface area contributed by atoms with Gasteiger partial charge in [0.2, 0.25) is 5.91 Å². The maximum Gasteiger partial charge on any atom is 0.318 e. The summed E-state index contributed by atoms with van der Waals surface area (Å²) in [5.41, 5.74) is 1.36. The molecule has 0 saturated carbocycles. The molecule has 1 aromatic heterocycles. The number of nitriles is 2. The Kier molecular flexibility index (Phi) is 22.5. The normalized spacial score (nSPS) is 19.6. The number of aromatic nitrogens is 2. The molecule has 4 heterocycles. The zero-order chi connectivity index (χ0) is 62.4. The van der Waals surface area contributed by atoms with Crippen molar-refractivity contribution in [3.05, 3.63) is 147 Å². The Hall–Kier alpha value is -7.24. The maximum atomic E-state index is 16.2. The Bertz CT molecular complexity index is 3490. The molecule has 2 amide bonds. The average molecular weight is 1250 g/mol. The summed E-state index contributed by atoms with van der Waals surface area (Å²) in [5, 5.41) is 38.7. The van der Waals surface area contributed by atoms with Crippen LogP contribution in [0.2, 0.25) is 10.0 Å². The van der Waals surface area contributed by atoms with E-state index in [0.717, 1.165) is 55.6 Å². The number of hydrogen-bond donors (Lipinski definition) is 5. The van der Waals surface area contributed by atoms with E-state index in [4.69, 9.17) is 56.9 Å². The fraction of sp³-hybridized carbons (Fsp3) is 0.455. The highest BCUT2D eigenvalue weighted by Crippen LogP contribution is 2.53. The smallest absolute Gasteiger partial charge is 0.318 e. The predicted octanol–water partition coefficient (Wildman–Crippen LogP) is 9.67. The van der Waals surface area contributed by atoms with Gasteiger partial charge in [-0.15, -0.1) is 0 Å². The molecule has 22 heteroatoms. The first-order valence-corrected chi connectivity index (χ1v) is 30.7. The molecule has 3 aliphatic heterocycles. The number of carbonyl (C=O) groups excluding carboxylic acids is 2. The van der Waals surface area contributed by atoms with Crippen LogP contribution in [0.4, 0.5) is 26.0 Å². The van der Waals surface area contributed by atoms with E-state index in [9.17, 15) is 20.1 Å². The topological polar surface area (TPSA) is 220 Å². The number of ether oxygens (including phenoxy) is 5. The van der Waals surface area contributed by atoms with E-state index < -0.39 is 52.3 Å². The van der Waals surface area contributed by atoms with Gasteiger partial charge in [0, 0.05) is 90.1 Å². The van der Waals surface area contributed by atoms with Crippen LogP contribution in [0.1, 0.15) is 85.1 Å². The lowest BCUT2D eigenvalue weighted by Gasteiger charge is -2.37. The van der Waals surface area contributed by atoms with Crippen LogP contribution >= 0.6 is 23.2 Å². The summed E-state index contributed by atoms with van der Waals surface area (Å²) in [5.74, 6) is -2.93. The third kappa shape index (κ3) is 15.6. The molecule has 466 valence electrons. The van der Waals surface area contributed by atoms with Crippen molar-refractivity contribution >= 4 is 63.0 Å². The fourth-order valence-electron chi connectivity index (χ4n) is 12.3. The van der Waals surface area contributed by atoms with Gasteiger partial charge in [-0.25, -0.2) is 8.78 Å². The first-order valence-electron chi connectivity index (χ1n) is 29.9. The summed E-state index contributed by atoms with van der Waals surface area (Å²) >= 11 is 12.5. The molecule has 0 bridgehead atoms. The van der Waals surface area contributed by atoms with Gasteiger partial charge in [-0.1, -0.05) is 98.6 Å². The van der Waals surface area contributed by atoms with E-state index in [1.54, 1.807) is 0 Å². The van der Waals surface area contributed by atoms with Crippen LogP contribution in [-0.4, -0.2) is 139 Å². The zero-order valence-electron chi connectivity index (χ0n) is 50.4. The van der Waals surface area contributed by atoms with Crippen LogP contribution in [-0.2, 0) is 37.4 Å². The number of fused-ring (bicyclic) bond motifs is 2. The van der Waals surface area contributed by atoms with Crippen LogP contribution < -0.4 is 45.9 Å². The second-order valence-electron chi connectivity index (χ2n) is 23.5. The van der Waals surface area contributed by atoms with Crippen molar-refractivity contribution in [3.63, 3.8) is 0 Å². The van der Waals surface area contributed by atoms with E-state index >= 15 is 8.78 Å². The number of hydrogen-bond acceptors (Lipinski definition) is 16. The molecule has 2 saturated heterocycles. The number of anilines is 3. The molecule has 18 nitrogen and oxygen atoms in total. The van der Waals surface area contributed by atoms with Crippen LogP contribution in [0.5, 0.6) is 11.8 Å². The molecule has 3 aliphatic rings. The number of nitrogens with one attached hydrogen (secondary N) is 5. The first-order chi connectivity index (χ1) is 42.5. The summed E-state index contributed by atoms with van der Waals surface area (Å²) in [6.45, 7) is 12.3. The number of methoxy groups -OCH3 is 1. The minimum absolute atomic E-state index is 0.0445. The van der Waals surface area contributed by atoms with Crippen LogP contribution in [0, 0.1) is 39.7 Å². The second-order valence-corrected chi connectivity index (χ2v) is 24.3. The van der Waals surface area contributed by atoms with Gasteiger partial charge >= 0.3 is 6.01 Å². The van der Waals surface area contributed by atoms with Crippen molar-refractivity contribution in [1.82, 2.24) is 31.2 Å². The molecular formula is C66H77Cl2F2N11O7. The number of likely N-dealkylation sites (N-methyl/N-ethyl adjacent to an activating group) is 1. The number of nitrogens with zero attached hydrogens (tertiary/aromatic N) is 6. The maximum absolute atomic E-state index is 16.2. The second kappa shape index (κ2) is 30.3. The van der Waals surface area contributed by atoms with Gasteiger partial charge in [-0.2, -0.15) is 20.5 Å². The van der Waals surface area contributed by atoms with E-state index in [1.807, 2.05) is 27.8 Å². The molecule has 2 fully saturated rings. The SMILES string of the molecule is CNC[C@@H](CCCOc1nc2c(c(N3CCN[C@@H](CC#N)C3)n1)CCN(c1cccc3ccccc13)C2)OCCOCCOCCNC(=O)c1ccc(NC(=O)[C@@H]2N[C@@H](CC(C)(C)C)[C@](C#N)(c3ccc(Cl)cc3F)[C@H]2c2cccc(Cl)c2F)c(OC)c1. The van der Waals surface area contributed by atoms with Gasteiger partial charge < -0.3 is 60.1 Å². The highest BCUT2D eigenvalue weighted by molar-refractivity contribution is 6.31. The molecule has 0 aliphatic carbocycles. The van der Waals surface area contributed by atoms with E-state index in [-0.39, 0.29) is 63.5 Å². The quantitative estimate of drug-likeness (QED) is 0.0303. The summed E-state index contributed by atoms with van der Waals surface area (Å²) < 4.78 is 62.1. The summed E-state index contributed by atoms with van der Waals surface area (Å²) in [7, 11) is 3.28. The van der Waals surface area contributed by atoms with Crippen LogP contribution in [0.3, 0.4) is 0 Å². The number of piperazine rings is 1. The number of amides is 2. The minimum atomic E-state index is -1.82. The van der Waals surface area contributed by atoms with Crippen molar-refractivity contribution in [3.8, 4) is 23.9 Å². The summed E-state index contributed by atoms with van der Waals surface area (Å²) in [6, 6.07) is 30.6. The highest BCUT2D eigenvalue weighted by Gasteiger charge is 2.61. The molecule has 0 unspecified atom stereocenters. The third-order valence-electron chi connectivity index (χ3n) is 16.3.